The lowest BCUT2D eigenvalue weighted by Gasteiger charge is -2.14. The van der Waals surface area contributed by atoms with Gasteiger partial charge in [-0.2, -0.15) is 18.3 Å². The summed E-state index contributed by atoms with van der Waals surface area (Å²) in [6.45, 7) is 3.64. The van der Waals surface area contributed by atoms with E-state index in [9.17, 15) is 35.5 Å². The molecule has 3 aromatic rings. The number of hydrogen-bond donors (Lipinski definition) is 1. The summed E-state index contributed by atoms with van der Waals surface area (Å²) in [5, 5.41) is 5.68. The molecule has 12 heteroatoms. The summed E-state index contributed by atoms with van der Waals surface area (Å²) < 4.78 is 99.7. The molecule has 0 spiro atoms. The second-order valence-corrected chi connectivity index (χ2v) is 6.31. The van der Waals surface area contributed by atoms with Gasteiger partial charge in [-0.15, -0.1) is 0 Å². The number of anilines is 1. The smallest absolute Gasteiger partial charge is 0.422 e. The highest BCUT2D eigenvalue weighted by molar-refractivity contribution is 6.02. The molecule has 1 N–H and O–H groups in total. The minimum Gasteiger partial charge on any atom is -0.454 e. The third kappa shape index (κ3) is 3.89. The lowest BCUT2D eigenvalue weighted by molar-refractivity contribution is -0.143. The maximum absolute atomic E-state index is 13.9. The number of aryl methyl sites for hydroxylation is 2. The van der Waals surface area contributed by atoms with Crippen molar-refractivity contribution >= 4 is 11.6 Å². The summed E-state index contributed by atoms with van der Waals surface area (Å²) in [5.41, 5.74) is -2.93. The lowest BCUT2D eigenvalue weighted by atomic mass is 10.1. The Kier molecular flexibility index (Phi) is 5.35. The van der Waals surface area contributed by atoms with E-state index >= 15 is 0 Å². The Hall–Kier alpha value is -3.31. The molecule has 3 rings (SSSR count). The molecule has 5 nitrogen and oxygen atoms in total. The van der Waals surface area contributed by atoms with Crippen molar-refractivity contribution in [2.24, 2.45) is 0 Å². The predicted molar refractivity (Wildman–Crippen MR) is 88.7 cm³/mol. The normalized spacial score (nSPS) is 11.8. The van der Waals surface area contributed by atoms with Gasteiger partial charge in [0, 0.05) is 5.69 Å². The van der Waals surface area contributed by atoms with Gasteiger partial charge in [-0.1, -0.05) is 0 Å². The Labute approximate surface area is 164 Å². The Morgan fingerprint density at radius 1 is 1.07 bits per heavy atom. The molecule has 1 aromatic carbocycles. The fourth-order valence-electron chi connectivity index (χ4n) is 2.73. The molecule has 0 bridgehead atoms. The minimum absolute atomic E-state index is 0.110. The maximum Gasteiger partial charge on any atom is 0.422 e. The molecule has 0 saturated heterocycles. The van der Waals surface area contributed by atoms with Gasteiger partial charge in [0.05, 0.1) is 12.2 Å². The van der Waals surface area contributed by atoms with Crippen LogP contribution >= 0.6 is 0 Å². The van der Waals surface area contributed by atoms with Crippen molar-refractivity contribution in [3.05, 3.63) is 69.9 Å². The van der Waals surface area contributed by atoms with Gasteiger partial charge in [0.25, 0.3) is 5.91 Å². The number of nitrogens with zero attached hydrogens (tertiary/aromatic N) is 2. The van der Waals surface area contributed by atoms with Crippen LogP contribution in [0.25, 0.3) is 0 Å². The Bertz CT molecular complexity index is 1100. The molecule has 0 aliphatic heterocycles. The fraction of sp³-hybridized carbons (Fsp3) is 0.222. The molecule has 0 saturated carbocycles. The van der Waals surface area contributed by atoms with Gasteiger partial charge in [-0.25, -0.2) is 17.6 Å². The number of aromatic nitrogens is 2. The predicted octanol–water partition coefficient (Wildman–Crippen LogP) is 4.97. The number of nitrogens with one attached hydrogen (secondary N) is 1. The topological polar surface area (TPSA) is 60.1 Å². The standard InChI is InChI=1S/C18H12F7N3O2/c1-7-5-8(2)28(27-7)6-9-3-4-10(30-9)17(29)26-16-14(21)12(19)11(18(23,24)25)13(20)15(16)22/h3-5H,6H2,1-2H3,(H,26,29). The molecule has 0 atom stereocenters. The van der Waals surface area contributed by atoms with E-state index in [1.807, 2.05) is 0 Å². The first-order chi connectivity index (χ1) is 13.9. The monoisotopic (exact) mass is 435 g/mol. The highest BCUT2D eigenvalue weighted by atomic mass is 19.4. The SMILES string of the molecule is Cc1cc(C)n(Cc2ccc(C(=O)Nc3c(F)c(F)c(C(F)(F)F)c(F)c3F)o2)n1. The summed E-state index contributed by atoms with van der Waals surface area (Å²) in [6.07, 6.45) is -5.68. The number of hydrogen-bond acceptors (Lipinski definition) is 3. The van der Waals surface area contributed by atoms with Crippen molar-refractivity contribution in [3.63, 3.8) is 0 Å². The van der Waals surface area contributed by atoms with Crippen molar-refractivity contribution in [1.29, 1.82) is 0 Å². The number of halogens is 7. The van der Waals surface area contributed by atoms with Gasteiger partial charge in [0.15, 0.2) is 29.0 Å². The van der Waals surface area contributed by atoms with Crippen LogP contribution in [0.15, 0.2) is 22.6 Å². The molecule has 160 valence electrons. The van der Waals surface area contributed by atoms with Crippen LogP contribution in [0.4, 0.5) is 36.4 Å². The zero-order valence-corrected chi connectivity index (χ0v) is 15.3. The number of rotatable bonds is 4. The molecule has 0 unspecified atom stereocenters. The fourth-order valence-corrected chi connectivity index (χ4v) is 2.73. The molecule has 2 aromatic heterocycles. The number of carbonyl (C=O) groups excluding carboxylic acids is 1. The number of amides is 1. The summed E-state index contributed by atoms with van der Waals surface area (Å²) in [4.78, 5) is 12.1. The average Bonchev–Trinajstić information content (AvgIpc) is 3.22. The van der Waals surface area contributed by atoms with E-state index in [0.29, 0.717) is 0 Å². The number of carbonyl (C=O) groups is 1. The molecule has 0 aliphatic carbocycles. The minimum atomic E-state index is -5.68. The summed E-state index contributed by atoms with van der Waals surface area (Å²) in [5.74, 6) is -11.8. The van der Waals surface area contributed by atoms with Crippen LogP contribution in [-0.2, 0) is 12.7 Å². The van der Waals surface area contributed by atoms with E-state index in [1.165, 1.54) is 11.4 Å². The van der Waals surface area contributed by atoms with Crippen LogP contribution in [0.2, 0.25) is 0 Å². The van der Waals surface area contributed by atoms with E-state index in [0.717, 1.165) is 17.5 Å². The first-order valence-corrected chi connectivity index (χ1v) is 8.24. The number of benzene rings is 1. The second kappa shape index (κ2) is 7.50. The average molecular weight is 435 g/mol. The molecular weight excluding hydrogens is 423 g/mol. The Morgan fingerprint density at radius 2 is 1.67 bits per heavy atom. The van der Waals surface area contributed by atoms with Gasteiger partial charge in [0.2, 0.25) is 0 Å². The molecule has 1 amide bonds. The molecule has 2 heterocycles. The first kappa shape index (κ1) is 21.4. The Balaban J connectivity index is 1.87. The number of furan rings is 1. The van der Waals surface area contributed by atoms with Crippen molar-refractivity contribution in [2.45, 2.75) is 26.6 Å². The van der Waals surface area contributed by atoms with Crippen LogP contribution in [0.5, 0.6) is 0 Å². The number of alkyl halides is 3. The van der Waals surface area contributed by atoms with E-state index in [2.05, 4.69) is 5.10 Å². The zero-order valence-electron chi connectivity index (χ0n) is 15.3. The summed E-state index contributed by atoms with van der Waals surface area (Å²) in [7, 11) is 0. The van der Waals surface area contributed by atoms with Crippen LogP contribution in [-0.4, -0.2) is 15.7 Å². The van der Waals surface area contributed by atoms with E-state index < -0.39 is 52.4 Å². The van der Waals surface area contributed by atoms with Crippen LogP contribution in [0.3, 0.4) is 0 Å². The van der Waals surface area contributed by atoms with E-state index in [-0.39, 0.29) is 12.3 Å². The first-order valence-electron chi connectivity index (χ1n) is 8.24. The van der Waals surface area contributed by atoms with Crippen molar-refractivity contribution in [1.82, 2.24) is 9.78 Å². The quantitative estimate of drug-likeness (QED) is 0.465. The largest absolute Gasteiger partial charge is 0.454 e. The summed E-state index contributed by atoms with van der Waals surface area (Å²) >= 11 is 0. The third-order valence-electron chi connectivity index (χ3n) is 4.08. The van der Waals surface area contributed by atoms with Gasteiger partial charge < -0.3 is 9.73 Å². The summed E-state index contributed by atoms with van der Waals surface area (Å²) in [6, 6.07) is 4.25. The van der Waals surface area contributed by atoms with Crippen LogP contribution in [0.1, 0.15) is 33.3 Å². The van der Waals surface area contributed by atoms with E-state index in [1.54, 1.807) is 24.6 Å². The highest BCUT2D eigenvalue weighted by Crippen LogP contribution is 2.38. The third-order valence-corrected chi connectivity index (χ3v) is 4.08. The maximum atomic E-state index is 13.9. The molecule has 0 radical (unpaired) electrons. The Morgan fingerprint density at radius 3 is 2.17 bits per heavy atom. The molecule has 0 aliphatic rings. The van der Waals surface area contributed by atoms with Crippen LogP contribution < -0.4 is 5.32 Å². The lowest BCUT2D eigenvalue weighted by Crippen LogP contribution is -2.20. The van der Waals surface area contributed by atoms with Crippen LogP contribution in [0, 0.1) is 37.1 Å². The zero-order chi connectivity index (χ0) is 22.4. The molecule has 30 heavy (non-hydrogen) atoms. The second-order valence-electron chi connectivity index (χ2n) is 6.31. The van der Waals surface area contributed by atoms with Crippen molar-refractivity contribution in [2.75, 3.05) is 5.32 Å². The van der Waals surface area contributed by atoms with Gasteiger partial charge in [-0.3, -0.25) is 9.48 Å². The van der Waals surface area contributed by atoms with E-state index in [4.69, 9.17) is 4.42 Å². The molecule has 0 fully saturated rings. The van der Waals surface area contributed by atoms with Gasteiger partial charge >= 0.3 is 6.18 Å². The molecular formula is C18H12F7N3O2. The van der Waals surface area contributed by atoms with Gasteiger partial charge in [0.1, 0.15) is 17.0 Å². The van der Waals surface area contributed by atoms with Crippen molar-refractivity contribution < 1.29 is 39.9 Å². The van der Waals surface area contributed by atoms with Gasteiger partial charge in [-0.05, 0) is 32.0 Å². The van der Waals surface area contributed by atoms with Crippen molar-refractivity contribution in [3.8, 4) is 0 Å². The highest BCUT2D eigenvalue weighted by Gasteiger charge is 2.42.